The number of hydrogen-bond donors (Lipinski definition) is 1. The normalized spacial score (nSPS) is 22.5. The fraction of sp³-hybridized carbons (Fsp3) is 0.714. The maximum absolute atomic E-state index is 11.5. The molecule has 0 aromatic heterocycles. The van der Waals surface area contributed by atoms with E-state index in [0.29, 0.717) is 4.31 Å². The van der Waals surface area contributed by atoms with Crippen molar-refractivity contribution in [1.29, 1.82) is 0 Å². The van der Waals surface area contributed by atoms with E-state index in [-0.39, 0.29) is 13.0 Å². The van der Waals surface area contributed by atoms with Gasteiger partial charge in [-0.1, -0.05) is 0 Å². The molecule has 1 rings (SSSR count). The van der Waals surface area contributed by atoms with E-state index in [1.807, 2.05) is 0 Å². The molecule has 0 spiro atoms. The first kappa shape index (κ1) is 11.9. The smallest absolute Gasteiger partial charge is 0.308 e. The number of rotatable bonds is 3. The molecule has 0 aromatic rings. The average molecular weight is 236 g/mol. The van der Waals surface area contributed by atoms with Crippen molar-refractivity contribution in [2.24, 2.45) is 5.92 Å². The highest BCUT2D eigenvalue weighted by atomic mass is 32.2. The Hall–Kier alpha value is -1.15. The van der Waals surface area contributed by atoms with Gasteiger partial charge < -0.3 is 5.11 Å². The first-order valence-corrected chi connectivity index (χ1v) is 5.62. The number of carbonyl (C=O) groups excluding carboxylic acids is 1. The lowest BCUT2D eigenvalue weighted by Gasteiger charge is -2.20. The number of amides is 1. The van der Waals surface area contributed by atoms with Gasteiger partial charge in [-0.2, -0.15) is 12.7 Å². The van der Waals surface area contributed by atoms with Crippen molar-refractivity contribution in [3.8, 4) is 0 Å². The summed E-state index contributed by atoms with van der Waals surface area (Å²) in [5.74, 6) is -2.76. The molecule has 7 nitrogen and oxygen atoms in total. The van der Waals surface area contributed by atoms with Gasteiger partial charge in [0, 0.05) is 20.5 Å². The highest BCUT2D eigenvalue weighted by molar-refractivity contribution is 7.87. The van der Waals surface area contributed by atoms with E-state index in [0.717, 1.165) is 4.31 Å². The lowest BCUT2D eigenvalue weighted by atomic mass is 10.1. The zero-order chi connectivity index (χ0) is 11.8. The molecule has 1 unspecified atom stereocenters. The van der Waals surface area contributed by atoms with E-state index in [2.05, 4.69) is 0 Å². The molecule has 8 heteroatoms. The van der Waals surface area contributed by atoms with Crippen LogP contribution in [0.4, 0.5) is 0 Å². The van der Waals surface area contributed by atoms with Crippen LogP contribution in [0.15, 0.2) is 0 Å². The van der Waals surface area contributed by atoms with Crippen molar-refractivity contribution in [1.82, 2.24) is 8.61 Å². The minimum Gasteiger partial charge on any atom is -0.481 e. The highest BCUT2D eigenvalue weighted by Crippen LogP contribution is 2.21. The second-order valence-electron chi connectivity index (χ2n) is 3.45. The minimum absolute atomic E-state index is 0.262. The molecule has 86 valence electrons. The molecule has 1 N–H and O–H groups in total. The summed E-state index contributed by atoms with van der Waals surface area (Å²) in [6.07, 6.45) is -0.262. The molecule has 0 aromatic carbocycles. The molecule has 1 fully saturated rings. The summed E-state index contributed by atoms with van der Waals surface area (Å²) in [6.45, 7) is -0.283. The van der Waals surface area contributed by atoms with Crippen LogP contribution >= 0.6 is 0 Å². The van der Waals surface area contributed by atoms with E-state index in [4.69, 9.17) is 5.11 Å². The molecular formula is C7H12N2O5S. The Kier molecular flexibility index (Phi) is 3.00. The predicted molar refractivity (Wildman–Crippen MR) is 50.1 cm³/mol. The van der Waals surface area contributed by atoms with Crippen LogP contribution in [0.5, 0.6) is 0 Å². The summed E-state index contributed by atoms with van der Waals surface area (Å²) in [7, 11) is -1.26. The molecule has 15 heavy (non-hydrogen) atoms. The van der Waals surface area contributed by atoms with E-state index in [1.54, 1.807) is 0 Å². The number of carboxylic acids is 1. The Morgan fingerprint density at radius 1 is 1.53 bits per heavy atom. The van der Waals surface area contributed by atoms with Crippen molar-refractivity contribution in [2.75, 3.05) is 20.6 Å². The summed E-state index contributed by atoms with van der Waals surface area (Å²) in [5, 5.41) is 8.67. The zero-order valence-electron chi connectivity index (χ0n) is 8.37. The Balaban J connectivity index is 2.92. The number of carbonyl (C=O) groups is 2. The maximum atomic E-state index is 11.5. The highest BCUT2D eigenvalue weighted by Gasteiger charge is 2.41. The molecule has 1 saturated heterocycles. The average Bonchev–Trinajstić information content (AvgIpc) is 2.47. The van der Waals surface area contributed by atoms with Crippen molar-refractivity contribution >= 4 is 22.1 Å². The molecule has 0 aliphatic carbocycles. The topological polar surface area (TPSA) is 95.0 Å². The summed E-state index contributed by atoms with van der Waals surface area (Å²) in [4.78, 5) is 21.9. The number of nitrogens with zero attached hydrogens (tertiary/aromatic N) is 2. The van der Waals surface area contributed by atoms with Crippen molar-refractivity contribution in [3.05, 3.63) is 0 Å². The van der Waals surface area contributed by atoms with Gasteiger partial charge >= 0.3 is 16.2 Å². The van der Waals surface area contributed by atoms with Crippen LogP contribution in [0.3, 0.4) is 0 Å². The van der Waals surface area contributed by atoms with Crippen LogP contribution in [0.1, 0.15) is 6.42 Å². The molecule has 1 amide bonds. The van der Waals surface area contributed by atoms with Crippen LogP contribution in [-0.2, 0) is 19.8 Å². The third-order valence-electron chi connectivity index (χ3n) is 2.17. The van der Waals surface area contributed by atoms with Gasteiger partial charge in [0.2, 0.25) is 5.91 Å². The van der Waals surface area contributed by atoms with E-state index >= 15 is 0 Å². The SMILES string of the molecule is CN(C)S(=O)(=O)N1CC(C(=O)O)CC1=O. The van der Waals surface area contributed by atoms with Gasteiger partial charge in [-0.3, -0.25) is 9.59 Å². The van der Waals surface area contributed by atoms with Gasteiger partial charge in [0.05, 0.1) is 12.5 Å². The maximum Gasteiger partial charge on any atom is 0.308 e. The second-order valence-corrected chi connectivity index (χ2v) is 5.52. The largest absolute Gasteiger partial charge is 0.481 e. The Bertz CT molecular complexity index is 388. The standard InChI is InChI=1S/C7H12N2O5S/c1-8(2)15(13,14)9-4-5(7(11)12)3-6(9)10/h5H,3-4H2,1-2H3,(H,11,12). The monoisotopic (exact) mass is 236 g/mol. The van der Waals surface area contributed by atoms with Gasteiger partial charge in [-0.15, -0.1) is 0 Å². The van der Waals surface area contributed by atoms with Crippen LogP contribution in [0.25, 0.3) is 0 Å². The first-order chi connectivity index (χ1) is 6.76. The van der Waals surface area contributed by atoms with E-state index in [1.165, 1.54) is 14.1 Å². The number of carboxylic acid groups (broad SMARTS) is 1. The molecular weight excluding hydrogens is 224 g/mol. The van der Waals surface area contributed by atoms with Crippen LogP contribution < -0.4 is 0 Å². The third-order valence-corrected chi connectivity index (χ3v) is 4.01. The van der Waals surface area contributed by atoms with Gasteiger partial charge in [-0.05, 0) is 0 Å². The van der Waals surface area contributed by atoms with Gasteiger partial charge in [0.1, 0.15) is 0 Å². The summed E-state index contributed by atoms with van der Waals surface area (Å²) < 4.78 is 24.6. The fourth-order valence-corrected chi connectivity index (χ4v) is 2.36. The minimum atomic E-state index is -3.84. The van der Waals surface area contributed by atoms with Gasteiger partial charge in [0.15, 0.2) is 0 Å². The Labute approximate surface area is 87.5 Å². The molecule has 1 atom stereocenters. The Morgan fingerprint density at radius 3 is 2.40 bits per heavy atom. The van der Waals surface area contributed by atoms with Gasteiger partial charge in [0.25, 0.3) is 0 Å². The number of hydrogen-bond acceptors (Lipinski definition) is 4. The fourth-order valence-electron chi connectivity index (χ4n) is 1.26. The quantitative estimate of drug-likeness (QED) is 0.659. The zero-order valence-corrected chi connectivity index (χ0v) is 9.19. The molecule has 1 heterocycles. The van der Waals surface area contributed by atoms with Crippen molar-refractivity contribution in [2.45, 2.75) is 6.42 Å². The predicted octanol–water partition coefficient (Wildman–Crippen LogP) is -1.27. The lowest BCUT2D eigenvalue weighted by Crippen LogP contribution is -2.41. The molecule has 1 aliphatic rings. The second kappa shape index (κ2) is 3.78. The van der Waals surface area contributed by atoms with Crippen LogP contribution in [0, 0.1) is 5.92 Å². The van der Waals surface area contributed by atoms with Crippen molar-refractivity contribution < 1.29 is 23.1 Å². The van der Waals surface area contributed by atoms with Gasteiger partial charge in [-0.25, -0.2) is 4.31 Å². The lowest BCUT2D eigenvalue weighted by molar-refractivity contribution is -0.141. The molecule has 1 aliphatic heterocycles. The molecule has 0 radical (unpaired) electrons. The van der Waals surface area contributed by atoms with E-state index < -0.39 is 28.0 Å². The summed E-state index contributed by atoms with van der Waals surface area (Å²) in [5.41, 5.74) is 0. The number of aliphatic carboxylic acids is 1. The third kappa shape index (κ3) is 2.10. The Morgan fingerprint density at radius 2 is 2.07 bits per heavy atom. The summed E-state index contributed by atoms with van der Waals surface area (Å²) >= 11 is 0. The first-order valence-electron chi connectivity index (χ1n) is 4.22. The van der Waals surface area contributed by atoms with Crippen LogP contribution in [0.2, 0.25) is 0 Å². The van der Waals surface area contributed by atoms with E-state index in [9.17, 15) is 18.0 Å². The van der Waals surface area contributed by atoms with Crippen molar-refractivity contribution in [3.63, 3.8) is 0 Å². The molecule has 0 bridgehead atoms. The summed E-state index contributed by atoms with van der Waals surface area (Å²) in [6, 6.07) is 0. The molecule has 0 saturated carbocycles. The van der Waals surface area contributed by atoms with Crippen LogP contribution in [-0.4, -0.2) is 54.7 Å².